The molecule has 0 unspecified atom stereocenters. The first-order chi connectivity index (χ1) is 10.4. The Morgan fingerprint density at radius 3 is 2.77 bits per heavy atom. The van der Waals surface area contributed by atoms with Crippen LogP contribution < -0.4 is 0 Å². The van der Waals surface area contributed by atoms with Crippen molar-refractivity contribution in [3.05, 3.63) is 29.0 Å². The second-order valence-electron chi connectivity index (χ2n) is 5.38. The first kappa shape index (κ1) is 15.3. The second-order valence-corrected chi connectivity index (χ2v) is 8.07. The highest BCUT2D eigenvalue weighted by molar-refractivity contribution is 7.91. The van der Waals surface area contributed by atoms with Crippen LogP contribution in [0.25, 0.3) is 11.0 Å². The zero-order valence-corrected chi connectivity index (χ0v) is 13.5. The summed E-state index contributed by atoms with van der Waals surface area (Å²) >= 11 is 5.84. The lowest BCUT2D eigenvalue weighted by atomic mass is 10.1. The van der Waals surface area contributed by atoms with Crippen molar-refractivity contribution in [3.63, 3.8) is 0 Å². The van der Waals surface area contributed by atoms with Crippen molar-refractivity contribution in [1.82, 2.24) is 14.9 Å². The molecule has 1 aliphatic heterocycles. The van der Waals surface area contributed by atoms with E-state index in [1.54, 1.807) is 11.0 Å². The number of carbonyl (C=O) groups excluding carboxylic acids is 1. The van der Waals surface area contributed by atoms with Crippen LogP contribution in [0.5, 0.6) is 0 Å². The van der Waals surface area contributed by atoms with Crippen molar-refractivity contribution >= 4 is 38.4 Å². The van der Waals surface area contributed by atoms with Crippen molar-refractivity contribution in [3.8, 4) is 0 Å². The Balaban J connectivity index is 1.63. The van der Waals surface area contributed by atoms with E-state index in [1.165, 1.54) is 0 Å². The molecular formula is C14H16ClN3O3S. The van der Waals surface area contributed by atoms with E-state index in [2.05, 4.69) is 9.97 Å². The highest BCUT2D eigenvalue weighted by Crippen LogP contribution is 2.20. The van der Waals surface area contributed by atoms with Gasteiger partial charge in [-0.1, -0.05) is 11.6 Å². The van der Waals surface area contributed by atoms with Crippen LogP contribution in [0.2, 0.25) is 5.15 Å². The quantitative estimate of drug-likeness (QED) is 0.855. The molecule has 6 nitrogen and oxygen atoms in total. The Hall–Kier alpha value is -1.60. The lowest BCUT2D eigenvalue weighted by Gasteiger charge is -2.26. The summed E-state index contributed by atoms with van der Waals surface area (Å²) in [5.74, 6) is 0.119. The van der Waals surface area contributed by atoms with Gasteiger partial charge in [0.05, 0.1) is 11.5 Å². The van der Waals surface area contributed by atoms with E-state index in [0.29, 0.717) is 36.7 Å². The molecular weight excluding hydrogens is 326 g/mol. The zero-order valence-electron chi connectivity index (χ0n) is 11.9. The first-order valence-corrected chi connectivity index (χ1v) is 9.25. The smallest absolute Gasteiger partial charge is 0.222 e. The number of aryl methyl sites for hydroxylation is 1. The van der Waals surface area contributed by atoms with Crippen molar-refractivity contribution in [2.75, 3.05) is 24.6 Å². The normalized spacial score (nSPS) is 17.8. The summed E-state index contributed by atoms with van der Waals surface area (Å²) in [5, 5.41) is 1.38. The lowest BCUT2D eigenvalue weighted by molar-refractivity contribution is -0.130. The topological polar surface area (TPSA) is 83.1 Å². The molecule has 1 N–H and O–H groups in total. The minimum atomic E-state index is -2.96. The molecule has 1 fully saturated rings. The third-order valence-corrected chi connectivity index (χ3v) is 5.72. The molecule has 2 aromatic rings. The standard InChI is InChI=1S/C14H16ClN3O3S/c15-12-3-2-11-10(9-16-14(11)17-12)1-4-13(19)18-5-7-22(20,21)8-6-18/h2-3,9H,1,4-8H2,(H,16,17). The third-order valence-electron chi connectivity index (χ3n) is 3.90. The van der Waals surface area contributed by atoms with Gasteiger partial charge in [-0.05, 0) is 24.1 Å². The van der Waals surface area contributed by atoms with Gasteiger partial charge in [0.2, 0.25) is 5.91 Å². The summed E-state index contributed by atoms with van der Waals surface area (Å²) in [4.78, 5) is 21.0. The number of aromatic amines is 1. The van der Waals surface area contributed by atoms with Gasteiger partial charge in [-0.25, -0.2) is 13.4 Å². The number of amides is 1. The van der Waals surface area contributed by atoms with Crippen molar-refractivity contribution in [1.29, 1.82) is 0 Å². The summed E-state index contributed by atoms with van der Waals surface area (Å²) in [6.07, 6.45) is 2.78. The van der Waals surface area contributed by atoms with Gasteiger partial charge in [0.25, 0.3) is 0 Å². The maximum absolute atomic E-state index is 12.2. The van der Waals surface area contributed by atoms with Gasteiger partial charge in [-0.2, -0.15) is 0 Å². The van der Waals surface area contributed by atoms with E-state index in [1.807, 2.05) is 12.3 Å². The fourth-order valence-electron chi connectivity index (χ4n) is 2.61. The molecule has 2 aromatic heterocycles. The third kappa shape index (κ3) is 3.25. The number of sulfone groups is 1. The van der Waals surface area contributed by atoms with Crippen LogP contribution in [0.3, 0.4) is 0 Å². The van der Waals surface area contributed by atoms with Gasteiger partial charge in [-0.15, -0.1) is 0 Å². The van der Waals surface area contributed by atoms with Crippen LogP contribution in [-0.2, 0) is 21.1 Å². The summed E-state index contributed by atoms with van der Waals surface area (Å²) in [7, 11) is -2.96. The number of hydrogen-bond acceptors (Lipinski definition) is 4. The van der Waals surface area contributed by atoms with Gasteiger partial charge in [0.15, 0.2) is 9.84 Å². The van der Waals surface area contributed by atoms with Crippen molar-refractivity contribution in [2.24, 2.45) is 0 Å². The molecule has 1 amide bonds. The van der Waals surface area contributed by atoms with Gasteiger partial charge < -0.3 is 9.88 Å². The molecule has 0 spiro atoms. The molecule has 3 rings (SSSR count). The van der Waals surface area contributed by atoms with Crippen LogP contribution in [0.1, 0.15) is 12.0 Å². The van der Waals surface area contributed by atoms with Gasteiger partial charge in [0.1, 0.15) is 10.8 Å². The largest absolute Gasteiger partial charge is 0.346 e. The van der Waals surface area contributed by atoms with E-state index in [0.717, 1.165) is 10.9 Å². The molecule has 22 heavy (non-hydrogen) atoms. The number of aromatic nitrogens is 2. The molecule has 0 aromatic carbocycles. The number of fused-ring (bicyclic) bond motifs is 1. The number of H-pyrrole nitrogens is 1. The summed E-state index contributed by atoms with van der Waals surface area (Å²) in [6, 6.07) is 3.60. The fraction of sp³-hybridized carbons (Fsp3) is 0.429. The van der Waals surface area contributed by atoms with Crippen molar-refractivity contribution in [2.45, 2.75) is 12.8 Å². The molecule has 1 aliphatic rings. The average molecular weight is 342 g/mol. The molecule has 118 valence electrons. The predicted molar refractivity (Wildman–Crippen MR) is 84.7 cm³/mol. The number of hydrogen-bond donors (Lipinski definition) is 1. The van der Waals surface area contributed by atoms with E-state index in [-0.39, 0.29) is 17.4 Å². The van der Waals surface area contributed by atoms with Gasteiger partial charge in [0, 0.05) is 31.1 Å². The molecule has 0 radical (unpaired) electrons. The summed E-state index contributed by atoms with van der Waals surface area (Å²) < 4.78 is 22.8. The molecule has 3 heterocycles. The number of halogens is 1. The van der Waals surface area contributed by atoms with Crippen molar-refractivity contribution < 1.29 is 13.2 Å². The SMILES string of the molecule is O=C(CCc1c[nH]c2nc(Cl)ccc12)N1CCS(=O)(=O)CC1. The Labute approximate surface area is 133 Å². The number of pyridine rings is 1. The van der Waals surface area contributed by atoms with Crippen LogP contribution >= 0.6 is 11.6 Å². The van der Waals surface area contributed by atoms with Crippen LogP contribution in [0.15, 0.2) is 18.3 Å². The molecule has 0 saturated carbocycles. The second kappa shape index (κ2) is 5.89. The molecule has 1 saturated heterocycles. The highest BCUT2D eigenvalue weighted by atomic mass is 35.5. The first-order valence-electron chi connectivity index (χ1n) is 7.05. The van der Waals surface area contributed by atoms with E-state index in [4.69, 9.17) is 11.6 Å². The van der Waals surface area contributed by atoms with Crippen LogP contribution in [0, 0.1) is 0 Å². The maximum atomic E-state index is 12.2. The zero-order chi connectivity index (χ0) is 15.7. The monoisotopic (exact) mass is 341 g/mol. The van der Waals surface area contributed by atoms with Gasteiger partial charge >= 0.3 is 0 Å². The predicted octanol–water partition coefficient (Wildman–Crippen LogP) is 1.41. The molecule has 0 bridgehead atoms. The number of nitrogens with one attached hydrogen (secondary N) is 1. The van der Waals surface area contributed by atoms with Crippen LogP contribution in [-0.4, -0.2) is 53.8 Å². The van der Waals surface area contributed by atoms with E-state index >= 15 is 0 Å². The molecule has 8 heteroatoms. The minimum absolute atomic E-state index is 0.00817. The number of rotatable bonds is 3. The summed E-state index contributed by atoms with van der Waals surface area (Å²) in [5.41, 5.74) is 1.72. The Morgan fingerprint density at radius 2 is 2.05 bits per heavy atom. The Morgan fingerprint density at radius 1 is 1.32 bits per heavy atom. The van der Waals surface area contributed by atoms with Crippen LogP contribution in [0.4, 0.5) is 0 Å². The lowest BCUT2D eigenvalue weighted by Crippen LogP contribution is -2.43. The fourth-order valence-corrected chi connectivity index (χ4v) is 3.95. The summed E-state index contributed by atoms with van der Waals surface area (Å²) in [6.45, 7) is 0.596. The number of carbonyl (C=O) groups is 1. The average Bonchev–Trinajstić information content (AvgIpc) is 2.87. The molecule has 0 aliphatic carbocycles. The van der Waals surface area contributed by atoms with Gasteiger partial charge in [-0.3, -0.25) is 4.79 Å². The molecule has 0 atom stereocenters. The van der Waals surface area contributed by atoms with E-state index < -0.39 is 9.84 Å². The highest BCUT2D eigenvalue weighted by Gasteiger charge is 2.24. The minimum Gasteiger partial charge on any atom is -0.346 e. The maximum Gasteiger partial charge on any atom is 0.222 e. The van der Waals surface area contributed by atoms with E-state index in [9.17, 15) is 13.2 Å². The Bertz CT molecular complexity index is 802. The number of nitrogens with zero attached hydrogens (tertiary/aromatic N) is 2. The Kier molecular flexibility index (Phi) is 4.10.